The summed E-state index contributed by atoms with van der Waals surface area (Å²) in [7, 11) is 0. The maximum Gasteiger partial charge on any atom is 0.219 e. The molecule has 29 heavy (non-hydrogen) atoms. The van der Waals surface area contributed by atoms with Crippen LogP contribution in [0, 0.1) is 5.82 Å². The number of aliphatic hydroxyl groups is 1. The van der Waals surface area contributed by atoms with Gasteiger partial charge in [-0.25, -0.2) is 4.39 Å². The van der Waals surface area contributed by atoms with Gasteiger partial charge in [-0.1, -0.05) is 49.2 Å². The molecule has 0 bridgehead atoms. The zero-order valence-electron chi connectivity index (χ0n) is 16.9. The number of rotatable bonds is 6. The van der Waals surface area contributed by atoms with Crippen LogP contribution in [0.3, 0.4) is 0 Å². The number of nitrogens with one attached hydrogen (secondary N) is 1. The van der Waals surface area contributed by atoms with Crippen molar-refractivity contribution in [3.63, 3.8) is 0 Å². The Hall–Kier alpha value is -2.24. The van der Waals surface area contributed by atoms with E-state index in [1.807, 2.05) is 23.1 Å². The molecule has 0 unspecified atom stereocenters. The SMILES string of the molecule is CC(=O)N(C[C@H]1N[C@H](CO)[C@@H]1c1ccc(-c2cccc(F)c2)cc1)C1CCCC1. The first-order valence-electron chi connectivity index (χ1n) is 10.6. The molecule has 1 saturated carbocycles. The lowest BCUT2D eigenvalue weighted by Crippen LogP contribution is -2.65. The molecule has 3 atom stereocenters. The van der Waals surface area contributed by atoms with Gasteiger partial charge in [0.25, 0.3) is 0 Å². The van der Waals surface area contributed by atoms with Gasteiger partial charge in [-0.15, -0.1) is 0 Å². The zero-order chi connectivity index (χ0) is 20.4. The molecule has 1 saturated heterocycles. The third-order valence-electron chi connectivity index (χ3n) is 6.51. The van der Waals surface area contributed by atoms with Gasteiger partial charge in [-0.05, 0) is 41.7 Å². The van der Waals surface area contributed by atoms with Gasteiger partial charge < -0.3 is 15.3 Å². The number of benzene rings is 2. The summed E-state index contributed by atoms with van der Waals surface area (Å²) in [4.78, 5) is 14.3. The summed E-state index contributed by atoms with van der Waals surface area (Å²) in [6.45, 7) is 2.40. The molecule has 0 spiro atoms. The molecule has 2 aromatic carbocycles. The molecule has 154 valence electrons. The van der Waals surface area contributed by atoms with E-state index in [0.717, 1.165) is 29.5 Å². The average molecular weight is 397 g/mol. The monoisotopic (exact) mass is 396 g/mol. The molecule has 1 aliphatic carbocycles. The fourth-order valence-corrected chi connectivity index (χ4v) is 4.97. The van der Waals surface area contributed by atoms with Gasteiger partial charge in [0.05, 0.1) is 6.61 Å². The molecule has 2 fully saturated rings. The van der Waals surface area contributed by atoms with Crippen molar-refractivity contribution in [2.45, 2.75) is 56.7 Å². The second-order valence-electron chi connectivity index (χ2n) is 8.33. The zero-order valence-corrected chi connectivity index (χ0v) is 16.9. The van der Waals surface area contributed by atoms with E-state index in [-0.39, 0.29) is 36.3 Å². The molecular formula is C24H29FN2O2. The summed E-state index contributed by atoms with van der Waals surface area (Å²) in [5.74, 6) is 0.0441. The fraction of sp³-hybridized carbons (Fsp3) is 0.458. The maximum absolute atomic E-state index is 13.5. The highest BCUT2D eigenvalue weighted by Gasteiger charge is 2.43. The maximum atomic E-state index is 13.5. The minimum atomic E-state index is -0.244. The van der Waals surface area contributed by atoms with E-state index in [2.05, 4.69) is 17.4 Å². The van der Waals surface area contributed by atoms with E-state index >= 15 is 0 Å². The van der Waals surface area contributed by atoms with Crippen molar-refractivity contribution in [3.05, 3.63) is 59.9 Å². The van der Waals surface area contributed by atoms with Gasteiger partial charge in [-0.2, -0.15) is 0 Å². The Morgan fingerprint density at radius 3 is 2.45 bits per heavy atom. The molecule has 1 heterocycles. The van der Waals surface area contributed by atoms with Crippen LogP contribution in [0.15, 0.2) is 48.5 Å². The van der Waals surface area contributed by atoms with Crippen LogP contribution < -0.4 is 5.32 Å². The first-order chi connectivity index (χ1) is 14.1. The van der Waals surface area contributed by atoms with E-state index < -0.39 is 0 Å². The van der Waals surface area contributed by atoms with Crippen molar-refractivity contribution < 1.29 is 14.3 Å². The van der Waals surface area contributed by atoms with E-state index in [1.54, 1.807) is 13.0 Å². The summed E-state index contributed by atoms with van der Waals surface area (Å²) in [6, 6.07) is 15.2. The van der Waals surface area contributed by atoms with Gasteiger partial charge in [-0.3, -0.25) is 4.79 Å². The minimum Gasteiger partial charge on any atom is -0.395 e. The van der Waals surface area contributed by atoms with Gasteiger partial charge in [0.15, 0.2) is 0 Å². The highest BCUT2D eigenvalue weighted by molar-refractivity contribution is 5.73. The lowest BCUT2D eigenvalue weighted by Gasteiger charge is -2.48. The highest BCUT2D eigenvalue weighted by Crippen LogP contribution is 2.35. The smallest absolute Gasteiger partial charge is 0.219 e. The van der Waals surface area contributed by atoms with Gasteiger partial charge >= 0.3 is 0 Å². The van der Waals surface area contributed by atoms with Crippen LogP contribution in [0.4, 0.5) is 4.39 Å². The predicted octanol–water partition coefficient (Wildman–Crippen LogP) is 3.70. The van der Waals surface area contributed by atoms with Crippen molar-refractivity contribution in [2.24, 2.45) is 0 Å². The van der Waals surface area contributed by atoms with Crippen LogP contribution in [0.25, 0.3) is 11.1 Å². The molecule has 5 heteroatoms. The second kappa shape index (κ2) is 8.64. The molecule has 4 rings (SSSR count). The molecule has 1 aliphatic heterocycles. The molecular weight excluding hydrogens is 367 g/mol. The number of halogens is 1. The van der Waals surface area contributed by atoms with Gasteiger partial charge in [0.1, 0.15) is 5.82 Å². The van der Waals surface area contributed by atoms with E-state index in [0.29, 0.717) is 12.6 Å². The number of amides is 1. The molecule has 4 nitrogen and oxygen atoms in total. The molecule has 0 aromatic heterocycles. The second-order valence-corrected chi connectivity index (χ2v) is 8.33. The van der Waals surface area contributed by atoms with Crippen molar-refractivity contribution in [1.29, 1.82) is 0 Å². The van der Waals surface area contributed by atoms with Crippen molar-refractivity contribution in [1.82, 2.24) is 10.2 Å². The summed E-state index contributed by atoms with van der Waals surface area (Å²) in [6.07, 6.45) is 4.55. The van der Waals surface area contributed by atoms with Crippen LogP contribution in [-0.2, 0) is 4.79 Å². The molecule has 2 N–H and O–H groups in total. The van der Waals surface area contributed by atoms with Crippen LogP contribution in [0.1, 0.15) is 44.1 Å². The third-order valence-corrected chi connectivity index (χ3v) is 6.51. The van der Waals surface area contributed by atoms with Crippen LogP contribution >= 0.6 is 0 Å². The van der Waals surface area contributed by atoms with Crippen molar-refractivity contribution in [2.75, 3.05) is 13.2 Å². The normalized spacial score (nSPS) is 24.3. The van der Waals surface area contributed by atoms with Gasteiger partial charge in [0, 0.05) is 37.5 Å². The number of nitrogens with zero attached hydrogens (tertiary/aromatic N) is 1. The third kappa shape index (κ3) is 4.21. The number of hydrogen-bond acceptors (Lipinski definition) is 3. The van der Waals surface area contributed by atoms with Crippen LogP contribution in [0.2, 0.25) is 0 Å². The van der Waals surface area contributed by atoms with E-state index in [1.165, 1.54) is 25.0 Å². The number of carbonyl (C=O) groups excluding carboxylic acids is 1. The quantitative estimate of drug-likeness (QED) is 0.783. The van der Waals surface area contributed by atoms with Gasteiger partial charge in [0.2, 0.25) is 5.91 Å². The number of carbonyl (C=O) groups is 1. The predicted molar refractivity (Wildman–Crippen MR) is 112 cm³/mol. The number of aliphatic hydroxyl groups excluding tert-OH is 1. The van der Waals surface area contributed by atoms with Crippen molar-refractivity contribution in [3.8, 4) is 11.1 Å². The van der Waals surface area contributed by atoms with Crippen LogP contribution in [0.5, 0.6) is 0 Å². The Balaban J connectivity index is 1.51. The summed E-state index contributed by atoms with van der Waals surface area (Å²) in [5.41, 5.74) is 2.96. The summed E-state index contributed by atoms with van der Waals surface area (Å²) >= 11 is 0. The standard InChI is InChI=1S/C24H29FN2O2/c1-16(29)27(21-7-2-3-8-21)14-22-24(23(15-28)26-22)18-11-9-17(10-12-18)19-5-4-6-20(25)13-19/h4-6,9-13,21-24,26,28H,2-3,7-8,14-15H2,1H3/t22-,23-,24-/m1/s1. The number of hydrogen-bond donors (Lipinski definition) is 2. The summed E-state index contributed by atoms with van der Waals surface area (Å²) < 4.78 is 13.5. The largest absolute Gasteiger partial charge is 0.395 e. The first kappa shape index (κ1) is 20.0. The summed E-state index contributed by atoms with van der Waals surface area (Å²) in [5, 5.41) is 13.2. The first-order valence-corrected chi connectivity index (χ1v) is 10.6. The fourth-order valence-electron chi connectivity index (χ4n) is 4.97. The minimum absolute atomic E-state index is 0.00240. The topological polar surface area (TPSA) is 52.6 Å². The van der Waals surface area contributed by atoms with Crippen LogP contribution in [-0.4, -0.2) is 47.2 Å². The Labute approximate surface area is 171 Å². The molecule has 2 aliphatic rings. The van der Waals surface area contributed by atoms with E-state index in [9.17, 15) is 14.3 Å². The molecule has 2 aromatic rings. The lowest BCUT2D eigenvalue weighted by molar-refractivity contribution is -0.132. The Kier molecular flexibility index (Phi) is 5.97. The Morgan fingerprint density at radius 2 is 1.83 bits per heavy atom. The molecule has 1 amide bonds. The van der Waals surface area contributed by atoms with E-state index in [4.69, 9.17) is 0 Å². The molecule has 0 radical (unpaired) electrons. The Bertz CT molecular complexity index is 848. The lowest BCUT2D eigenvalue weighted by atomic mass is 9.77. The highest BCUT2D eigenvalue weighted by atomic mass is 19.1. The Morgan fingerprint density at radius 1 is 1.10 bits per heavy atom. The van der Waals surface area contributed by atoms with Crippen molar-refractivity contribution >= 4 is 5.91 Å². The average Bonchev–Trinajstić information content (AvgIpc) is 3.22.